The minimum Gasteiger partial charge on any atom is -0.397 e. The third-order valence-electron chi connectivity index (χ3n) is 3.12. The van der Waals surface area contributed by atoms with Crippen LogP contribution in [0, 0.1) is 32.1 Å². The van der Waals surface area contributed by atoms with Gasteiger partial charge in [-0.1, -0.05) is 17.7 Å². The van der Waals surface area contributed by atoms with E-state index in [0.717, 1.165) is 11.4 Å². The van der Waals surface area contributed by atoms with E-state index in [1.54, 1.807) is 12.1 Å². The first-order chi connectivity index (χ1) is 9.01. The molecule has 3 heteroatoms. The lowest BCUT2D eigenvalue weighted by atomic mass is 10.0. The van der Waals surface area contributed by atoms with Crippen molar-refractivity contribution in [1.82, 2.24) is 0 Å². The summed E-state index contributed by atoms with van der Waals surface area (Å²) in [5.41, 5.74) is 12.6. The fraction of sp³-hybridized carbons (Fsp3) is 0.188. The Balaban J connectivity index is 2.40. The summed E-state index contributed by atoms with van der Waals surface area (Å²) in [6, 6.07) is 11.6. The van der Waals surface area contributed by atoms with Crippen LogP contribution in [-0.2, 0) is 0 Å². The average Bonchev–Trinajstić information content (AvgIpc) is 2.35. The molecule has 0 atom stereocenters. The van der Waals surface area contributed by atoms with E-state index in [-0.39, 0.29) is 0 Å². The van der Waals surface area contributed by atoms with Crippen LogP contribution in [0.5, 0.6) is 0 Å². The highest BCUT2D eigenvalue weighted by molar-refractivity contribution is 5.76. The van der Waals surface area contributed by atoms with E-state index in [9.17, 15) is 0 Å². The Bertz CT molecular complexity index is 643. The molecular weight excluding hydrogens is 234 g/mol. The van der Waals surface area contributed by atoms with E-state index in [4.69, 9.17) is 11.0 Å². The van der Waals surface area contributed by atoms with Crippen LogP contribution < -0.4 is 11.1 Å². The fourth-order valence-corrected chi connectivity index (χ4v) is 2.26. The summed E-state index contributed by atoms with van der Waals surface area (Å²) in [6.45, 7) is 6.23. The minimum atomic E-state index is 0.570. The van der Waals surface area contributed by atoms with Gasteiger partial charge in [0.15, 0.2) is 0 Å². The number of rotatable bonds is 2. The molecule has 0 aromatic heterocycles. The van der Waals surface area contributed by atoms with Crippen LogP contribution in [0.25, 0.3) is 0 Å². The van der Waals surface area contributed by atoms with E-state index < -0.39 is 0 Å². The van der Waals surface area contributed by atoms with Crippen LogP contribution in [0.3, 0.4) is 0 Å². The van der Waals surface area contributed by atoms with Gasteiger partial charge in [0.1, 0.15) is 0 Å². The van der Waals surface area contributed by atoms with Crippen molar-refractivity contribution in [3.8, 4) is 6.07 Å². The van der Waals surface area contributed by atoms with Gasteiger partial charge in [-0.15, -0.1) is 0 Å². The van der Waals surface area contributed by atoms with Crippen LogP contribution in [-0.4, -0.2) is 0 Å². The van der Waals surface area contributed by atoms with Crippen molar-refractivity contribution in [3.05, 3.63) is 52.6 Å². The molecule has 2 aromatic carbocycles. The van der Waals surface area contributed by atoms with Gasteiger partial charge in [0.05, 0.1) is 23.0 Å². The van der Waals surface area contributed by atoms with Gasteiger partial charge in [0.2, 0.25) is 0 Å². The Morgan fingerprint density at radius 1 is 1.05 bits per heavy atom. The number of benzene rings is 2. The normalized spacial score (nSPS) is 10.0. The van der Waals surface area contributed by atoms with Crippen LogP contribution in [0.15, 0.2) is 30.3 Å². The minimum absolute atomic E-state index is 0.570. The summed E-state index contributed by atoms with van der Waals surface area (Å²) >= 11 is 0. The quantitative estimate of drug-likeness (QED) is 0.798. The highest BCUT2D eigenvalue weighted by atomic mass is 14.9. The number of nitrogens with zero attached hydrogens (tertiary/aromatic N) is 1. The molecule has 0 aliphatic rings. The zero-order valence-electron chi connectivity index (χ0n) is 11.4. The first-order valence-corrected chi connectivity index (χ1v) is 6.16. The van der Waals surface area contributed by atoms with Crippen molar-refractivity contribution in [2.24, 2.45) is 0 Å². The van der Waals surface area contributed by atoms with Gasteiger partial charge >= 0.3 is 0 Å². The second-order valence-corrected chi connectivity index (χ2v) is 4.81. The largest absolute Gasteiger partial charge is 0.397 e. The lowest BCUT2D eigenvalue weighted by molar-refractivity contribution is 1.31. The summed E-state index contributed by atoms with van der Waals surface area (Å²) in [6.07, 6.45) is 0. The molecule has 0 saturated carbocycles. The second kappa shape index (κ2) is 5.03. The smallest absolute Gasteiger partial charge is 0.0992 e. The predicted molar refractivity (Wildman–Crippen MR) is 79.5 cm³/mol. The van der Waals surface area contributed by atoms with E-state index in [1.165, 1.54) is 16.7 Å². The molecule has 0 saturated heterocycles. The highest BCUT2D eigenvalue weighted by Crippen LogP contribution is 2.29. The molecule has 96 valence electrons. The number of aryl methyl sites for hydroxylation is 3. The molecule has 0 fully saturated rings. The summed E-state index contributed by atoms with van der Waals surface area (Å²) in [5.74, 6) is 0. The summed E-state index contributed by atoms with van der Waals surface area (Å²) in [5, 5.41) is 12.2. The molecule has 0 heterocycles. The maximum atomic E-state index is 8.84. The van der Waals surface area contributed by atoms with Gasteiger partial charge in [-0.3, -0.25) is 0 Å². The Labute approximate surface area is 113 Å². The summed E-state index contributed by atoms with van der Waals surface area (Å²) < 4.78 is 0. The van der Waals surface area contributed by atoms with E-state index in [2.05, 4.69) is 44.3 Å². The van der Waals surface area contributed by atoms with E-state index >= 15 is 0 Å². The molecule has 0 aliphatic carbocycles. The SMILES string of the molecule is Cc1cc(C)c(Nc2ccc(C#N)cc2N)c(C)c1. The van der Waals surface area contributed by atoms with Crippen molar-refractivity contribution in [3.63, 3.8) is 0 Å². The summed E-state index contributed by atoms with van der Waals surface area (Å²) in [4.78, 5) is 0. The predicted octanol–water partition coefficient (Wildman–Crippen LogP) is 3.81. The van der Waals surface area contributed by atoms with Crippen molar-refractivity contribution in [1.29, 1.82) is 5.26 Å². The van der Waals surface area contributed by atoms with E-state index in [1.807, 2.05) is 6.07 Å². The summed E-state index contributed by atoms with van der Waals surface area (Å²) in [7, 11) is 0. The number of nitrogens with two attached hydrogens (primary N) is 1. The first kappa shape index (κ1) is 13.0. The Hall–Kier alpha value is -2.47. The molecule has 2 rings (SSSR count). The monoisotopic (exact) mass is 251 g/mol. The molecular formula is C16H17N3. The van der Waals surface area contributed by atoms with Gasteiger partial charge in [-0.05, 0) is 50.1 Å². The third-order valence-corrected chi connectivity index (χ3v) is 3.12. The Morgan fingerprint density at radius 3 is 2.21 bits per heavy atom. The number of hydrogen-bond acceptors (Lipinski definition) is 3. The topological polar surface area (TPSA) is 61.8 Å². The fourth-order valence-electron chi connectivity index (χ4n) is 2.26. The van der Waals surface area contributed by atoms with Gasteiger partial charge < -0.3 is 11.1 Å². The highest BCUT2D eigenvalue weighted by Gasteiger charge is 2.06. The molecule has 0 aliphatic heterocycles. The molecule has 0 amide bonds. The number of nitrogens with one attached hydrogen (secondary N) is 1. The number of anilines is 3. The molecule has 0 spiro atoms. The number of nitrogen functional groups attached to an aromatic ring is 1. The first-order valence-electron chi connectivity index (χ1n) is 6.16. The third kappa shape index (κ3) is 2.69. The van der Waals surface area contributed by atoms with Crippen molar-refractivity contribution in [2.45, 2.75) is 20.8 Å². The van der Waals surface area contributed by atoms with Crippen molar-refractivity contribution < 1.29 is 0 Å². The lowest BCUT2D eigenvalue weighted by Gasteiger charge is -2.15. The van der Waals surface area contributed by atoms with Crippen LogP contribution >= 0.6 is 0 Å². The van der Waals surface area contributed by atoms with Crippen LogP contribution in [0.4, 0.5) is 17.1 Å². The molecule has 0 unspecified atom stereocenters. The average molecular weight is 251 g/mol. The maximum Gasteiger partial charge on any atom is 0.0992 e. The van der Waals surface area contributed by atoms with Crippen LogP contribution in [0.2, 0.25) is 0 Å². The van der Waals surface area contributed by atoms with E-state index in [0.29, 0.717) is 11.3 Å². The zero-order chi connectivity index (χ0) is 14.0. The maximum absolute atomic E-state index is 8.84. The molecule has 2 aromatic rings. The zero-order valence-corrected chi connectivity index (χ0v) is 11.4. The van der Waals surface area contributed by atoms with Gasteiger partial charge in [-0.25, -0.2) is 0 Å². The van der Waals surface area contributed by atoms with Crippen LogP contribution in [0.1, 0.15) is 22.3 Å². The Morgan fingerprint density at radius 2 is 1.68 bits per heavy atom. The standard InChI is InChI=1S/C16H17N3/c1-10-6-11(2)16(12(3)7-10)19-15-5-4-13(9-17)8-14(15)18/h4-8,19H,18H2,1-3H3. The number of nitriles is 1. The molecule has 3 nitrogen and oxygen atoms in total. The molecule has 19 heavy (non-hydrogen) atoms. The lowest BCUT2D eigenvalue weighted by Crippen LogP contribution is -2.00. The van der Waals surface area contributed by atoms with Crippen molar-refractivity contribution >= 4 is 17.1 Å². The second-order valence-electron chi connectivity index (χ2n) is 4.81. The van der Waals surface area contributed by atoms with Gasteiger partial charge in [0.25, 0.3) is 0 Å². The molecule has 0 radical (unpaired) electrons. The molecule has 0 bridgehead atoms. The Kier molecular flexibility index (Phi) is 3.43. The molecule has 3 N–H and O–H groups in total. The number of hydrogen-bond donors (Lipinski definition) is 2. The van der Waals surface area contributed by atoms with Crippen molar-refractivity contribution in [2.75, 3.05) is 11.1 Å². The van der Waals surface area contributed by atoms with Gasteiger partial charge in [-0.2, -0.15) is 5.26 Å². The van der Waals surface area contributed by atoms with Gasteiger partial charge in [0, 0.05) is 5.69 Å².